The maximum Gasteiger partial charge on any atom is 0.229 e. The van der Waals surface area contributed by atoms with Gasteiger partial charge in [-0.15, -0.1) is 0 Å². The summed E-state index contributed by atoms with van der Waals surface area (Å²) in [5, 5.41) is 7.45. The molecule has 5 heteroatoms. The number of anilines is 1. The molecule has 116 valence electrons. The Hall–Kier alpha value is -1.81. The van der Waals surface area contributed by atoms with Gasteiger partial charge in [-0.1, -0.05) is 49.7 Å². The second-order valence-corrected chi connectivity index (χ2v) is 7.26. The molecule has 0 spiro atoms. The Labute approximate surface area is 134 Å². The molecule has 2 unspecified atom stereocenters. The Kier molecular flexibility index (Phi) is 3.73. The molecule has 0 aliphatic heterocycles. The van der Waals surface area contributed by atoms with Crippen molar-refractivity contribution in [1.29, 1.82) is 0 Å². The van der Waals surface area contributed by atoms with Gasteiger partial charge in [0.05, 0.1) is 0 Å². The summed E-state index contributed by atoms with van der Waals surface area (Å²) in [6.07, 6.45) is 0.843. The number of benzene rings is 1. The summed E-state index contributed by atoms with van der Waals surface area (Å²) < 4.78 is 5.28. The second-order valence-electron chi connectivity index (χ2n) is 6.82. The largest absolute Gasteiger partial charge is 0.359 e. The summed E-state index contributed by atoms with van der Waals surface area (Å²) in [6, 6.07) is 9.48. The van der Waals surface area contributed by atoms with Gasteiger partial charge in [-0.25, -0.2) is 0 Å². The van der Waals surface area contributed by atoms with Gasteiger partial charge in [0.1, 0.15) is 5.76 Å². The van der Waals surface area contributed by atoms with Crippen molar-refractivity contribution in [1.82, 2.24) is 5.16 Å². The summed E-state index contributed by atoms with van der Waals surface area (Å²) in [4.78, 5) is 12.3. The van der Waals surface area contributed by atoms with Gasteiger partial charge in [0, 0.05) is 22.4 Å². The van der Waals surface area contributed by atoms with Crippen molar-refractivity contribution in [3.05, 3.63) is 46.7 Å². The van der Waals surface area contributed by atoms with Gasteiger partial charge in [0.25, 0.3) is 0 Å². The van der Waals surface area contributed by atoms with Crippen molar-refractivity contribution in [2.45, 2.75) is 38.5 Å². The predicted octanol–water partition coefficient (Wildman–Crippen LogP) is 4.37. The summed E-state index contributed by atoms with van der Waals surface area (Å²) in [7, 11) is 0. The third-order valence-corrected chi connectivity index (χ3v) is 4.14. The molecule has 1 aliphatic carbocycles. The number of amides is 1. The lowest BCUT2D eigenvalue weighted by Crippen LogP contribution is -2.15. The van der Waals surface area contributed by atoms with Crippen molar-refractivity contribution in [2.24, 2.45) is 5.92 Å². The highest BCUT2D eigenvalue weighted by Gasteiger charge is 2.44. The highest BCUT2D eigenvalue weighted by atomic mass is 35.5. The fourth-order valence-electron chi connectivity index (χ4n) is 2.50. The van der Waals surface area contributed by atoms with E-state index < -0.39 is 0 Å². The van der Waals surface area contributed by atoms with Crippen LogP contribution in [0, 0.1) is 5.92 Å². The van der Waals surface area contributed by atoms with Gasteiger partial charge in [0.15, 0.2) is 5.82 Å². The molecule has 22 heavy (non-hydrogen) atoms. The molecule has 2 atom stereocenters. The number of rotatable bonds is 3. The fourth-order valence-corrected chi connectivity index (χ4v) is 2.70. The standard InChI is InChI=1S/C17H19ClN2O2/c1-17(2,3)14-9-15(20-22-14)19-16(21)13-8-12(13)10-5-4-6-11(18)7-10/h4-7,9,12-13H,8H2,1-3H3,(H,19,20,21). The molecule has 0 bridgehead atoms. The second kappa shape index (κ2) is 5.43. The summed E-state index contributed by atoms with van der Waals surface area (Å²) in [5.41, 5.74) is 0.988. The number of hydrogen-bond donors (Lipinski definition) is 1. The molecule has 1 aromatic carbocycles. The lowest BCUT2D eigenvalue weighted by Gasteiger charge is -2.12. The minimum atomic E-state index is -0.126. The molecule has 2 aromatic rings. The number of carbonyl (C=O) groups excluding carboxylic acids is 1. The third-order valence-electron chi connectivity index (χ3n) is 3.90. The van der Waals surface area contributed by atoms with Crippen LogP contribution in [0.1, 0.15) is 44.4 Å². The zero-order valence-corrected chi connectivity index (χ0v) is 13.6. The number of carbonyl (C=O) groups is 1. The van der Waals surface area contributed by atoms with E-state index in [1.807, 2.05) is 45.0 Å². The fraction of sp³-hybridized carbons (Fsp3) is 0.412. The molecule has 0 radical (unpaired) electrons. The van der Waals surface area contributed by atoms with Crippen LogP contribution in [0.2, 0.25) is 5.02 Å². The monoisotopic (exact) mass is 318 g/mol. The van der Waals surface area contributed by atoms with E-state index >= 15 is 0 Å². The van der Waals surface area contributed by atoms with Crippen LogP contribution in [0.4, 0.5) is 5.82 Å². The quantitative estimate of drug-likeness (QED) is 0.914. The van der Waals surface area contributed by atoms with Crippen molar-refractivity contribution in [3.8, 4) is 0 Å². The lowest BCUT2D eigenvalue weighted by molar-refractivity contribution is -0.117. The third kappa shape index (κ3) is 3.17. The Morgan fingerprint density at radius 2 is 2.14 bits per heavy atom. The molecular formula is C17H19ClN2O2. The van der Waals surface area contributed by atoms with E-state index in [0.717, 1.165) is 17.7 Å². The first-order valence-electron chi connectivity index (χ1n) is 7.38. The average molecular weight is 319 g/mol. The van der Waals surface area contributed by atoms with Gasteiger partial charge >= 0.3 is 0 Å². The van der Waals surface area contributed by atoms with Crippen molar-refractivity contribution in [3.63, 3.8) is 0 Å². The van der Waals surface area contributed by atoms with E-state index in [4.69, 9.17) is 16.1 Å². The van der Waals surface area contributed by atoms with Crippen LogP contribution in [-0.2, 0) is 10.2 Å². The number of aromatic nitrogens is 1. The van der Waals surface area contributed by atoms with Crippen molar-refractivity contribution < 1.29 is 9.32 Å². The van der Waals surface area contributed by atoms with Crippen LogP contribution in [0.5, 0.6) is 0 Å². The zero-order chi connectivity index (χ0) is 15.9. The summed E-state index contributed by atoms with van der Waals surface area (Å²) in [5.74, 6) is 1.44. The Balaban J connectivity index is 1.63. The first-order chi connectivity index (χ1) is 10.3. The maximum absolute atomic E-state index is 12.3. The minimum Gasteiger partial charge on any atom is -0.359 e. The van der Waals surface area contributed by atoms with Crippen LogP contribution in [0.15, 0.2) is 34.9 Å². The van der Waals surface area contributed by atoms with E-state index in [2.05, 4.69) is 10.5 Å². The van der Waals surface area contributed by atoms with Crippen molar-refractivity contribution in [2.75, 3.05) is 5.32 Å². The lowest BCUT2D eigenvalue weighted by atomic mass is 9.93. The topological polar surface area (TPSA) is 55.1 Å². The van der Waals surface area contributed by atoms with Gasteiger partial charge < -0.3 is 9.84 Å². The highest BCUT2D eigenvalue weighted by Crippen LogP contribution is 2.48. The van der Waals surface area contributed by atoms with Crippen molar-refractivity contribution >= 4 is 23.3 Å². The summed E-state index contributed by atoms with van der Waals surface area (Å²) >= 11 is 6.00. The zero-order valence-electron chi connectivity index (χ0n) is 12.9. The molecular weight excluding hydrogens is 300 g/mol. The smallest absolute Gasteiger partial charge is 0.229 e. The molecule has 1 N–H and O–H groups in total. The molecule has 1 heterocycles. The van der Waals surface area contributed by atoms with E-state index in [1.54, 1.807) is 6.07 Å². The minimum absolute atomic E-state index is 0.0151. The molecule has 1 aliphatic rings. The first kappa shape index (κ1) is 15.1. The number of hydrogen-bond acceptors (Lipinski definition) is 3. The first-order valence-corrected chi connectivity index (χ1v) is 7.76. The highest BCUT2D eigenvalue weighted by molar-refractivity contribution is 6.30. The normalized spacial score (nSPS) is 20.7. The van der Waals surface area contributed by atoms with Gasteiger partial charge in [0.2, 0.25) is 5.91 Å². The number of nitrogens with one attached hydrogen (secondary N) is 1. The summed E-state index contributed by atoms with van der Waals surface area (Å²) in [6.45, 7) is 6.11. The molecule has 0 saturated heterocycles. The molecule has 1 fully saturated rings. The SMILES string of the molecule is CC(C)(C)c1cc(NC(=O)C2CC2c2cccc(Cl)c2)no1. The Morgan fingerprint density at radius 3 is 2.77 bits per heavy atom. The molecule has 3 rings (SSSR count). The van der Waals surface area contributed by atoms with E-state index in [1.165, 1.54) is 0 Å². The molecule has 1 saturated carbocycles. The number of halogens is 1. The van der Waals surface area contributed by atoms with Gasteiger partial charge in [-0.3, -0.25) is 4.79 Å². The number of nitrogens with zero attached hydrogens (tertiary/aromatic N) is 1. The van der Waals surface area contributed by atoms with E-state index in [9.17, 15) is 4.79 Å². The molecule has 1 amide bonds. The van der Waals surface area contributed by atoms with Crippen LogP contribution < -0.4 is 5.32 Å². The van der Waals surface area contributed by atoms with Crippen LogP contribution in [-0.4, -0.2) is 11.1 Å². The van der Waals surface area contributed by atoms with Crippen LogP contribution in [0.25, 0.3) is 0 Å². The molecule has 4 nitrogen and oxygen atoms in total. The van der Waals surface area contributed by atoms with Gasteiger partial charge in [-0.05, 0) is 30.0 Å². The predicted molar refractivity (Wildman–Crippen MR) is 86.1 cm³/mol. The van der Waals surface area contributed by atoms with Crippen LogP contribution >= 0.6 is 11.6 Å². The molecule has 1 aromatic heterocycles. The Morgan fingerprint density at radius 1 is 1.36 bits per heavy atom. The van der Waals surface area contributed by atoms with Crippen LogP contribution in [0.3, 0.4) is 0 Å². The Bertz CT molecular complexity index is 703. The average Bonchev–Trinajstić information content (AvgIpc) is 3.10. The maximum atomic E-state index is 12.3. The van der Waals surface area contributed by atoms with E-state index in [-0.39, 0.29) is 23.2 Å². The van der Waals surface area contributed by atoms with E-state index in [0.29, 0.717) is 10.8 Å². The van der Waals surface area contributed by atoms with Gasteiger partial charge in [-0.2, -0.15) is 0 Å².